The molecular formula is C18H14ClNO. The Bertz CT molecular complexity index is 809. The number of fused-ring (bicyclic) bond motifs is 1. The molecule has 3 heteroatoms. The second-order valence-corrected chi connectivity index (χ2v) is 5.24. The lowest BCUT2D eigenvalue weighted by atomic mass is 10.0. The van der Waals surface area contributed by atoms with Gasteiger partial charge in [-0.2, -0.15) is 0 Å². The van der Waals surface area contributed by atoms with Gasteiger partial charge in [-0.25, -0.2) is 4.98 Å². The zero-order valence-corrected chi connectivity index (χ0v) is 12.4. The summed E-state index contributed by atoms with van der Waals surface area (Å²) in [4.78, 5) is 16.3. The van der Waals surface area contributed by atoms with Gasteiger partial charge < -0.3 is 0 Å². The van der Waals surface area contributed by atoms with Gasteiger partial charge in [0.2, 0.25) is 0 Å². The Labute approximate surface area is 128 Å². The van der Waals surface area contributed by atoms with Crippen molar-refractivity contribution >= 4 is 27.7 Å². The fraction of sp³-hybridized carbons (Fsp3) is 0.111. The number of para-hydroxylation sites is 1. The zero-order valence-electron chi connectivity index (χ0n) is 11.6. The minimum atomic E-state index is -0.458. The van der Waals surface area contributed by atoms with E-state index in [9.17, 15) is 4.79 Å². The van der Waals surface area contributed by atoms with Crippen LogP contribution in [0.3, 0.4) is 0 Å². The highest BCUT2D eigenvalue weighted by molar-refractivity contribution is 6.68. The van der Waals surface area contributed by atoms with Crippen molar-refractivity contribution in [2.75, 3.05) is 0 Å². The third-order valence-corrected chi connectivity index (χ3v) is 3.79. The lowest BCUT2D eigenvalue weighted by Crippen LogP contribution is -1.95. The number of carbonyl (C=O) groups excluding carboxylic acids is 1. The summed E-state index contributed by atoms with van der Waals surface area (Å²) in [6, 6.07) is 17.5. The molecule has 1 aromatic heterocycles. The minimum absolute atomic E-state index is 0.458. The molecule has 104 valence electrons. The van der Waals surface area contributed by atoms with Crippen molar-refractivity contribution in [2.24, 2.45) is 0 Å². The first-order valence-electron chi connectivity index (χ1n) is 6.88. The van der Waals surface area contributed by atoms with Crippen LogP contribution in [-0.4, -0.2) is 10.2 Å². The number of hydrogen-bond donors (Lipinski definition) is 0. The fourth-order valence-electron chi connectivity index (χ4n) is 2.40. The van der Waals surface area contributed by atoms with Crippen molar-refractivity contribution in [1.82, 2.24) is 4.98 Å². The van der Waals surface area contributed by atoms with Gasteiger partial charge in [-0.3, -0.25) is 4.79 Å². The first-order chi connectivity index (χ1) is 10.2. The van der Waals surface area contributed by atoms with Gasteiger partial charge in [0.15, 0.2) is 0 Å². The number of aryl methyl sites for hydroxylation is 1. The summed E-state index contributed by atoms with van der Waals surface area (Å²) in [7, 11) is 0. The molecule has 0 unspecified atom stereocenters. The van der Waals surface area contributed by atoms with E-state index in [1.54, 1.807) is 6.07 Å². The summed E-state index contributed by atoms with van der Waals surface area (Å²) in [5.41, 5.74) is 4.29. The van der Waals surface area contributed by atoms with E-state index in [0.29, 0.717) is 5.56 Å². The molecule has 2 nitrogen and oxygen atoms in total. The number of pyridine rings is 1. The molecule has 0 amide bonds. The van der Waals surface area contributed by atoms with E-state index in [0.717, 1.165) is 28.6 Å². The molecule has 0 radical (unpaired) electrons. The Morgan fingerprint density at radius 3 is 2.48 bits per heavy atom. The number of benzene rings is 2. The van der Waals surface area contributed by atoms with E-state index in [1.807, 2.05) is 36.4 Å². The smallest absolute Gasteiger partial charge is 0.253 e. The maximum absolute atomic E-state index is 11.7. The molecule has 21 heavy (non-hydrogen) atoms. The van der Waals surface area contributed by atoms with E-state index < -0.39 is 5.24 Å². The van der Waals surface area contributed by atoms with E-state index >= 15 is 0 Å². The molecule has 0 aliphatic heterocycles. The lowest BCUT2D eigenvalue weighted by Gasteiger charge is -2.07. The average molecular weight is 296 g/mol. The Balaban J connectivity index is 2.20. The van der Waals surface area contributed by atoms with Crippen LogP contribution >= 0.6 is 11.6 Å². The van der Waals surface area contributed by atoms with Crippen LogP contribution in [0.15, 0.2) is 54.6 Å². The van der Waals surface area contributed by atoms with E-state index in [4.69, 9.17) is 11.6 Å². The maximum Gasteiger partial charge on any atom is 0.253 e. The summed E-state index contributed by atoms with van der Waals surface area (Å²) in [5.74, 6) is 0. The van der Waals surface area contributed by atoms with Crippen molar-refractivity contribution in [2.45, 2.75) is 13.3 Å². The second-order valence-electron chi connectivity index (χ2n) is 4.90. The molecule has 2 aromatic carbocycles. The maximum atomic E-state index is 11.7. The molecule has 3 aromatic rings. The summed E-state index contributed by atoms with van der Waals surface area (Å²) in [6.45, 7) is 2.12. The van der Waals surface area contributed by atoms with Gasteiger partial charge in [-0.15, -0.1) is 0 Å². The van der Waals surface area contributed by atoms with Crippen molar-refractivity contribution in [3.63, 3.8) is 0 Å². The molecule has 0 fully saturated rings. The Morgan fingerprint density at radius 1 is 1.10 bits per heavy atom. The van der Waals surface area contributed by atoms with Crippen LogP contribution < -0.4 is 0 Å². The summed E-state index contributed by atoms with van der Waals surface area (Å²) < 4.78 is 0. The SMILES string of the molecule is CCc1ccc(-c2cc(C(=O)Cl)c3ccccc3n2)cc1. The van der Waals surface area contributed by atoms with Crippen LogP contribution in [0.4, 0.5) is 0 Å². The van der Waals surface area contributed by atoms with Gasteiger partial charge in [0.05, 0.1) is 11.2 Å². The van der Waals surface area contributed by atoms with Crippen LogP contribution in [0, 0.1) is 0 Å². The highest BCUT2D eigenvalue weighted by Gasteiger charge is 2.11. The van der Waals surface area contributed by atoms with Gasteiger partial charge in [-0.1, -0.05) is 49.4 Å². The Hall–Kier alpha value is -2.19. The number of halogens is 1. The van der Waals surface area contributed by atoms with Crippen LogP contribution in [-0.2, 0) is 6.42 Å². The largest absolute Gasteiger partial charge is 0.276 e. The quantitative estimate of drug-likeness (QED) is 0.647. The van der Waals surface area contributed by atoms with Crippen molar-refractivity contribution in [3.05, 3.63) is 65.7 Å². The number of rotatable bonds is 3. The molecule has 0 aliphatic rings. The first-order valence-corrected chi connectivity index (χ1v) is 7.26. The lowest BCUT2D eigenvalue weighted by molar-refractivity contribution is 0.108. The average Bonchev–Trinajstić information content (AvgIpc) is 2.53. The fourth-order valence-corrected chi connectivity index (χ4v) is 2.55. The number of hydrogen-bond acceptors (Lipinski definition) is 2. The van der Waals surface area contributed by atoms with Crippen molar-refractivity contribution in [3.8, 4) is 11.3 Å². The summed E-state index contributed by atoms with van der Waals surface area (Å²) in [5, 5.41) is 0.325. The molecule has 0 saturated heterocycles. The topological polar surface area (TPSA) is 30.0 Å². The van der Waals surface area contributed by atoms with Gasteiger partial charge in [0.1, 0.15) is 0 Å². The molecule has 0 saturated carbocycles. The number of nitrogens with zero attached hydrogens (tertiary/aromatic N) is 1. The van der Waals surface area contributed by atoms with Crippen LogP contribution in [0.25, 0.3) is 22.2 Å². The summed E-state index contributed by atoms with van der Waals surface area (Å²) >= 11 is 5.72. The van der Waals surface area contributed by atoms with Gasteiger partial charge in [0.25, 0.3) is 5.24 Å². The monoisotopic (exact) mass is 295 g/mol. The van der Waals surface area contributed by atoms with E-state index in [2.05, 4.69) is 24.0 Å². The predicted molar refractivity (Wildman–Crippen MR) is 86.7 cm³/mol. The molecule has 0 atom stereocenters. The molecule has 3 rings (SSSR count). The van der Waals surface area contributed by atoms with Crippen LogP contribution in [0.1, 0.15) is 22.8 Å². The minimum Gasteiger partial charge on any atom is -0.276 e. The molecule has 1 heterocycles. The zero-order chi connectivity index (χ0) is 14.8. The van der Waals surface area contributed by atoms with Crippen LogP contribution in [0.2, 0.25) is 0 Å². The molecule has 0 bridgehead atoms. The Morgan fingerprint density at radius 2 is 1.81 bits per heavy atom. The van der Waals surface area contributed by atoms with Gasteiger partial charge >= 0.3 is 0 Å². The number of aromatic nitrogens is 1. The summed E-state index contributed by atoms with van der Waals surface area (Å²) in [6.07, 6.45) is 0.997. The van der Waals surface area contributed by atoms with E-state index in [1.165, 1.54) is 5.56 Å². The third kappa shape index (κ3) is 2.67. The van der Waals surface area contributed by atoms with Gasteiger partial charge in [-0.05, 0) is 35.7 Å². The van der Waals surface area contributed by atoms with Gasteiger partial charge in [0, 0.05) is 16.5 Å². The third-order valence-electron chi connectivity index (χ3n) is 3.59. The molecule has 0 spiro atoms. The van der Waals surface area contributed by atoms with Crippen molar-refractivity contribution < 1.29 is 4.79 Å². The second kappa shape index (κ2) is 5.66. The predicted octanol–water partition coefficient (Wildman–Crippen LogP) is 4.84. The van der Waals surface area contributed by atoms with E-state index in [-0.39, 0.29) is 0 Å². The Kier molecular flexibility index (Phi) is 3.72. The molecule has 0 aliphatic carbocycles. The highest BCUT2D eigenvalue weighted by atomic mass is 35.5. The first kappa shape index (κ1) is 13.8. The van der Waals surface area contributed by atoms with Crippen LogP contribution in [0.5, 0.6) is 0 Å². The standard InChI is InChI=1S/C18H14ClNO/c1-2-12-7-9-13(10-8-12)17-11-15(18(19)21)14-5-3-4-6-16(14)20-17/h3-11H,2H2,1H3. The molecule has 0 N–H and O–H groups in total. The number of carbonyl (C=O) groups is 1. The van der Waals surface area contributed by atoms with Crippen molar-refractivity contribution in [1.29, 1.82) is 0 Å². The highest BCUT2D eigenvalue weighted by Crippen LogP contribution is 2.26. The normalized spacial score (nSPS) is 10.8. The molecular weight excluding hydrogens is 282 g/mol.